The van der Waals surface area contributed by atoms with E-state index in [9.17, 15) is 4.79 Å². The first-order valence-corrected chi connectivity index (χ1v) is 10.3. The number of ether oxygens (including phenoxy) is 1. The van der Waals surface area contributed by atoms with Crippen molar-refractivity contribution in [2.45, 2.75) is 59.2 Å². The molecule has 4 nitrogen and oxygen atoms in total. The zero-order valence-corrected chi connectivity index (χ0v) is 18.1. The lowest BCUT2D eigenvalue weighted by molar-refractivity contribution is -0.140. The number of hydrogen-bond acceptors (Lipinski definition) is 3. The molecule has 2 rings (SSSR count). The molecule has 1 aliphatic carbocycles. The topological polar surface area (TPSA) is 32.8 Å². The molecular weight excluding hydrogens is 336 g/mol. The first-order valence-electron chi connectivity index (χ1n) is 10.3. The Kier molecular flexibility index (Phi) is 8.30. The van der Waals surface area contributed by atoms with Crippen LogP contribution in [0.15, 0.2) is 24.3 Å². The summed E-state index contributed by atoms with van der Waals surface area (Å²) < 4.78 is 6.13. The van der Waals surface area contributed by atoms with Crippen molar-refractivity contribution in [2.75, 3.05) is 27.7 Å². The van der Waals surface area contributed by atoms with Crippen LogP contribution in [0.5, 0.6) is 0 Å². The van der Waals surface area contributed by atoms with Crippen LogP contribution in [0.3, 0.4) is 0 Å². The lowest BCUT2D eigenvalue weighted by Gasteiger charge is -2.37. The fraction of sp³-hybridized carbons (Fsp3) is 0.696. The van der Waals surface area contributed by atoms with Gasteiger partial charge in [-0.1, -0.05) is 51.5 Å². The van der Waals surface area contributed by atoms with Crippen LogP contribution in [0, 0.1) is 17.8 Å². The smallest absolute Gasteiger partial charge is 0.248 e. The molecule has 0 aliphatic heterocycles. The molecule has 1 fully saturated rings. The Hall–Kier alpha value is -1.39. The van der Waals surface area contributed by atoms with Crippen LogP contribution in [0.1, 0.15) is 51.2 Å². The third-order valence-corrected chi connectivity index (χ3v) is 5.72. The number of amides is 1. The van der Waals surface area contributed by atoms with Crippen LogP contribution in [-0.2, 0) is 22.6 Å². The van der Waals surface area contributed by atoms with E-state index in [1.165, 1.54) is 18.4 Å². The number of rotatable bonds is 8. The molecule has 0 radical (unpaired) electrons. The normalized spacial score (nSPS) is 23.0. The first-order chi connectivity index (χ1) is 12.8. The zero-order valence-electron chi connectivity index (χ0n) is 18.1. The molecule has 1 amide bonds. The number of benzene rings is 1. The molecule has 0 bridgehead atoms. The van der Waals surface area contributed by atoms with Gasteiger partial charge in [-0.05, 0) is 55.8 Å². The van der Waals surface area contributed by atoms with E-state index in [1.807, 2.05) is 7.05 Å². The Morgan fingerprint density at radius 2 is 1.81 bits per heavy atom. The van der Waals surface area contributed by atoms with Crippen molar-refractivity contribution in [3.8, 4) is 0 Å². The minimum Gasteiger partial charge on any atom is -0.368 e. The van der Waals surface area contributed by atoms with E-state index < -0.39 is 0 Å². The highest BCUT2D eigenvalue weighted by Crippen LogP contribution is 2.35. The van der Waals surface area contributed by atoms with Gasteiger partial charge in [-0.25, -0.2) is 0 Å². The molecule has 0 unspecified atom stereocenters. The van der Waals surface area contributed by atoms with Gasteiger partial charge in [-0.2, -0.15) is 0 Å². The number of carbonyl (C=O) groups is 1. The standard InChI is InChI=1S/C23H38N2O2/c1-17(2)21-11-10-18(3)12-22(21)27-16-23(26)25(6)15-20-9-7-8-19(13-20)14-24(4)5/h7-9,13,17-18,21-22H,10-12,14-16H2,1-6H3/t18-,21+,22-/m1/s1. The second kappa shape index (κ2) is 10.2. The van der Waals surface area contributed by atoms with Crippen LogP contribution in [0.4, 0.5) is 0 Å². The van der Waals surface area contributed by atoms with Gasteiger partial charge in [0, 0.05) is 20.1 Å². The van der Waals surface area contributed by atoms with Crippen LogP contribution in [-0.4, -0.2) is 49.6 Å². The molecule has 0 heterocycles. The van der Waals surface area contributed by atoms with E-state index in [-0.39, 0.29) is 18.6 Å². The monoisotopic (exact) mass is 374 g/mol. The van der Waals surface area contributed by atoms with Crippen molar-refractivity contribution < 1.29 is 9.53 Å². The van der Waals surface area contributed by atoms with Crippen molar-refractivity contribution in [3.63, 3.8) is 0 Å². The van der Waals surface area contributed by atoms with Gasteiger partial charge < -0.3 is 14.5 Å². The summed E-state index contributed by atoms with van der Waals surface area (Å²) in [6.45, 7) is 8.55. The van der Waals surface area contributed by atoms with Gasteiger partial charge in [0.1, 0.15) is 6.61 Å². The molecule has 1 aromatic rings. The fourth-order valence-electron chi connectivity index (χ4n) is 4.15. The molecule has 0 saturated heterocycles. The highest BCUT2D eigenvalue weighted by Gasteiger charge is 2.31. The van der Waals surface area contributed by atoms with Crippen molar-refractivity contribution in [3.05, 3.63) is 35.4 Å². The van der Waals surface area contributed by atoms with Gasteiger partial charge in [-0.15, -0.1) is 0 Å². The zero-order chi connectivity index (χ0) is 20.0. The van der Waals surface area contributed by atoms with Gasteiger partial charge in [0.25, 0.3) is 0 Å². The molecule has 27 heavy (non-hydrogen) atoms. The molecular formula is C23H38N2O2. The summed E-state index contributed by atoms with van der Waals surface area (Å²) in [5, 5.41) is 0. The molecule has 3 atom stereocenters. The fourth-order valence-corrected chi connectivity index (χ4v) is 4.15. The van der Waals surface area contributed by atoms with E-state index in [0.29, 0.717) is 24.3 Å². The summed E-state index contributed by atoms with van der Waals surface area (Å²) in [6.07, 6.45) is 3.79. The molecule has 1 aliphatic rings. The predicted octanol–water partition coefficient (Wildman–Crippen LogP) is 4.18. The maximum absolute atomic E-state index is 12.6. The van der Waals surface area contributed by atoms with Crippen molar-refractivity contribution in [1.82, 2.24) is 9.80 Å². The molecule has 0 N–H and O–H groups in total. The molecule has 1 saturated carbocycles. The average Bonchev–Trinajstić information content (AvgIpc) is 2.59. The highest BCUT2D eigenvalue weighted by atomic mass is 16.5. The molecule has 0 aromatic heterocycles. The summed E-state index contributed by atoms with van der Waals surface area (Å²) in [5.41, 5.74) is 2.43. The van der Waals surface area contributed by atoms with Gasteiger partial charge in [0.2, 0.25) is 5.91 Å². The van der Waals surface area contributed by atoms with E-state index in [4.69, 9.17) is 4.74 Å². The molecule has 1 aromatic carbocycles. The SMILES string of the molecule is CC(C)[C@@H]1CC[C@@H](C)C[C@H]1OCC(=O)N(C)Cc1cccc(CN(C)C)c1. The van der Waals surface area contributed by atoms with Crippen molar-refractivity contribution in [2.24, 2.45) is 17.8 Å². The molecule has 4 heteroatoms. The number of nitrogens with zero attached hydrogens (tertiary/aromatic N) is 2. The van der Waals surface area contributed by atoms with Crippen LogP contribution in [0.2, 0.25) is 0 Å². The second-order valence-corrected chi connectivity index (χ2v) is 8.98. The number of carbonyl (C=O) groups excluding carboxylic acids is 1. The van der Waals surface area contributed by atoms with Crippen molar-refractivity contribution >= 4 is 5.91 Å². The number of likely N-dealkylation sites (N-methyl/N-ethyl adjacent to an activating group) is 1. The number of hydrogen-bond donors (Lipinski definition) is 0. The summed E-state index contributed by atoms with van der Waals surface area (Å²) in [4.78, 5) is 16.5. The van der Waals surface area contributed by atoms with Gasteiger partial charge in [0.15, 0.2) is 0 Å². The van der Waals surface area contributed by atoms with Crippen LogP contribution in [0.25, 0.3) is 0 Å². The first kappa shape index (κ1) is 21.9. The summed E-state index contributed by atoms with van der Waals surface area (Å²) in [7, 11) is 6.00. The highest BCUT2D eigenvalue weighted by molar-refractivity contribution is 5.77. The molecule has 0 spiro atoms. The summed E-state index contributed by atoms with van der Waals surface area (Å²) in [6, 6.07) is 8.47. The Bertz CT molecular complexity index is 600. The van der Waals surface area contributed by atoms with Gasteiger partial charge in [0.05, 0.1) is 6.10 Å². The lowest BCUT2D eigenvalue weighted by atomic mass is 9.75. The van der Waals surface area contributed by atoms with Crippen LogP contribution < -0.4 is 0 Å². The van der Waals surface area contributed by atoms with Gasteiger partial charge >= 0.3 is 0 Å². The molecule has 152 valence electrons. The Balaban J connectivity index is 1.88. The summed E-state index contributed by atoms with van der Waals surface area (Å²) >= 11 is 0. The van der Waals surface area contributed by atoms with Crippen molar-refractivity contribution in [1.29, 1.82) is 0 Å². The van der Waals surface area contributed by atoms with Crippen LogP contribution >= 0.6 is 0 Å². The third-order valence-electron chi connectivity index (χ3n) is 5.72. The largest absolute Gasteiger partial charge is 0.368 e. The third kappa shape index (κ3) is 6.93. The van der Waals surface area contributed by atoms with E-state index >= 15 is 0 Å². The Morgan fingerprint density at radius 3 is 2.44 bits per heavy atom. The summed E-state index contributed by atoms with van der Waals surface area (Å²) in [5.74, 6) is 1.93. The minimum atomic E-state index is 0.0637. The Morgan fingerprint density at radius 1 is 1.15 bits per heavy atom. The van der Waals surface area contributed by atoms with Gasteiger partial charge in [-0.3, -0.25) is 4.79 Å². The lowest BCUT2D eigenvalue weighted by Crippen LogP contribution is -2.38. The van der Waals surface area contributed by atoms with E-state index in [1.54, 1.807) is 4.90 Å². The maximum Gasteiger partial charge on any atom is 0.248 e. The maximum atomic E-state index is 12.6. The second-order valence-electron chi connectivity index (χ2n) is 8.98. The predicted molar refractivity (Wildman–Crippen MR) is 111 cm³/mol. The average molecular weight is 375 g/mol. The Labute approximate surface area is 165 Å². The van der Waals surface area contributed by atoms with E-state index in [0.717, 1.165) is 18.5 Å². The minimum absolute atomic E-state index is 0.0637. The quantitative estimate of drug-likeness (QED) is 0.684. The van der Waals surface area contributed by atoms with E-state index in [2.05, 4.69) is 64.0 Å².